The van der Waals surface area contributed by atoms with E-state index in [-0.39, 0.29) is 0 Å². The Bertz CT molecular complexity index is 147. The number of alkyl halides is 1. The van der Waals surface area contributed by atoms with Crippen molar-refractivity contribution in [3.63, 3.8) is 0 Å². The van der Waals surface area contributed by atoms with E-state index in [1.807, 2.05) is 0 Å². The Balaban J connectivity index is 1.60. The smallest absolute Gasteiger partial charge is 0.114 e. The molecule has 0 unspecified atom stereocenters. The first-order chi connectivity index (χ1) is 5.84. The van der Waals surface area contributed by atoms with Crippen LogP contribution in [0.2, 0.25) is 0 Å². The van der Waals surface area contributed by atoms with Crippen LogP contribution in [-0.2, 0) is 0 Å². The SMILES string of the molecule is F[C@H]1CCN(CCC2CNC2)C1. The van der Waals surface area contributed by atoms with Crippen LogP contribution in [0.15, 0.2) is 0 Å². The maximum Gasteiger partial charge on any atom is 0.114 e. The number of rotatable bonds is 3. The molecule has 0 aromatic rings. The average Bonchev–Trinajstić information content (AvgIpc) is 2.32. The molecule has 0 bridgehead atoms. The molecule has 1 atom stereocenters. The monoisotopic (exact) mass is 172 g/mol. The van der Waals surface area contributed by atoms with Crippen LogP contribution in [0.5, 0.6) is 0 Å². The highest BCUT2D eigenvalue weighted by Gasteiger charge is 2.23. The lowest BCUT2D eigenvalue weighted by Gasteiger charge is -2.28. The minimum absolute atomic E-state index is 0.551. The van der Waals surface area contributed by atoms with Gasteiger partial charge < -0.3 is 10.2 Å². The van der Waals surface area contributed by atoms with E-state index in [0.717, 1.165) is 25.4 Å². The second kappa shape index (κ2) is 3.71. The Morgan fingerprint density at radius 3 is 2.75 bits per heavy atom. The molecule has 0 amide bonds. The van der Waals surface area contributed by atoms with Crippen LogP contribution < -0.4 is 5.32 Å². The van der Waals surface area contributed by atoms with Crippen molar-refractivity contribution in [2.24, 2.45) is 5.92 Å². The van der Waals surface area contributed by atoms with Gasteiger partial charge in [0.15, 0.2) is 0 Å². The van der Waals surface area contributed by atoms with Crippen molar-refractivity contribution in [3.05, 3.63) is 0 Å². The highest BCUT2D eigenvalue weighted by atomic mass is 19.1. The number of halogens is 1. The summed E-state index contributed by atoms with van der Waals surface area (Å²) in [4.78, 5) is 2.25. The Hall–Kier alpha value is -0.150. The van der Waals surface area contributed by atoms with E-state index in [9.17, 15) is 4.39 Å². The average molecular weight is 172 g/mol. The third-order valence-corrected chi connectivity index (χ3v) is 2.93. The Morgan fingerprint density at radius 1 is 1.42 bits per heavy atom. The second-order valence-electron chi connectivity index (χ2n) is 4.00. The first kappa shape index (κ1) is 8.45. The third-order valence-electron chi connectivity index (χ3n) is 2.93. The fourth-order valence-electron chi connectivity index (χ4n) is 1.91. The first-order valence-corrected chi connectivity index (χ1v) is 4.92. The zero-order chi connectivity index (χ0) is 8.39. The van der Waals surface area contributed by atoms with Crippen molar-refractivity contribution >= 4 is 0 Å². The number of nitrogens with one attached hydrogen (secondary N) is 1. The molecule has 2 heterocycles. The molecule has 2 aliphatic heterocycles. The molecule has 2 saturated heterocycles. The normalized spacial score (nSPS) is 32.2. The maximum absolute atomic E-state index is 12.7. The molecular weight excluding hydrogens is 155 g/mol. The highest BCUT2D eigenvalue weighted by molar-refractivity contribution is 4.79. The zero-order valence-corrected chi connectivity index (χ0v) is 7.43. The number of likely N-dealkylation sites (tertiary alicyclic amines) is 1. The molecule has 0 saturated carbocycles. The van der Waals surface area contributed by atoms with E-state index < -0.39 is 6.17 Å². The summed E-state index contributed by atoms with van der Waals surface area (Å²) in [7, 11) is 0. The highest BCUT2D eigenvalue weighted by Crippen LogP contribution is 2.15. The molecule has 2 fully saturated rings. The largest absolute Gasteiger partial charge is 0.316 e. The summed E-state index contributed by atoms with van der Waals surface area (Å²) in [5.74, 6) is 0.865. The van der Waals surface area contributed by atoms with Gasteiger partial charge in [0.25, 0.3) is 0 Å². The summed E-state index contributed by atoms with van der Waals surface area (Å²) >= 11 is 0. The van der Waals surface area contributed by atoms with Gasteiger partial charge in [-0.25, -0.2) is 4.39 Å². The Morgan fingerprint density at radius 2 is 2.25 bits per heavy atom. The zero-order valence-electron chi connectivity index (χ0n) is 7.43. The lowest BCUT2D eigenvalue weighted by atomic mass is 9.99. The van der Waals surface area contributed by atoms with Gasteiger partial charge in [0, 0.05) is 13.1 Å². The fraction of sp³-hybridized carbons (Fsp3) is 1.00. The van der Waals surface area contributed by atoms with E-state index in [1.165, 1.54) is 19.5 Å². The first-order valence-electron chi connectivity index (χ1n) is 4.92. The van der Waals surface area contributed by atoms with Crippen LogP contribution in [0.25, 0.3) is 0 Å². The Kier molecular flexibility index (Phi) is 2.61. The summed E-state index contributed by atoms with van der Waals surface area (Å²) in [5, 5.41) is 3.25. The molecule has 0 radical (unpaired) electrons. The van der Waals surface area contributed by atoms with E-state index >= 15 is 0 Å². The number of hydrogen-bond donors (Lipinski definition) is 1. The number of hydrogen-bond acceptors (Lipinski definition) is 2. The van der Waals surface area contributed by atoms with Gasteiger partial charge in [-0.05, 0) is 38.4 Å². The summed E-state index contributed by atoms with van der Waals surface area (Å²) in [5.41, 5.74) is 0. The summed E-state index contributed by atoms with van der Waals surface area (Å²) < 4.78 is 12.7. The van der Waals surface area contributed by atoms with Crippen molar-refractivity contribution < 1.29 is 4.39 Å². The van der Waals surface area contributed by atoms with Gasteiger partial charge in [0.05, 0.1) is 0 Å². The minimum atomic E-state index is -0.551. The standard InChI is InChI=1S/C9H17FN2/c10-9-2-4-12(7-9)3-1-8-5-11-6-8/h8-9,11H,1-7H2/t9-/m0/s1. The molecule has 70 valence electrons. The fourth-order valence-corrected chi connectivity index (χ4v) is 1.91. The molecule has 2 aliphatic rings. The predicted octanol–water partition coefficient (Wildman–Crippen LogP) is 0.640. The van der Waals surface area contributed by atoms with Crippen molar-refractivity contribution in [1.29, 1.82) is 0 Å². The minimum Gasteiger partial charge on any atom is -0.316 e. The predicted molar refractivity (Wildman–Crippen MR) is 46.9 cm³/mol. The molecule has 3 heteroatoms. The lowest BCUT2D eigenvalue weighted by molar-refractivity contribution is 0.241. The van der Waals surface area contributed by atoms with Crippen molar-refractivity contribution in [2.75, 3.05) is 32.7 Å². The van der Waals surface area contributed by atoms with Crippen LogP contribution in [0.4, 0.5) is 4.39 Å². The van der Waals surface area contributed by atoms with E-state index in [4.69, 9.17) is 0 Å². The maximum atomic E-state index is 12.7. The molecule has 2 nitrogen and oxygen atoms in total. The van der Waals surface area contributed by atoms with Crippen LogP contribution >= 0.6 is 0 Å². The van der Waals surface area contributed by atoms with E-state index in [1.54, 1.807) is 0 Å². The van der Waals surface area contributed by atoms with Gasteiger partial charge >= 0.3 is 0 Å². The molecular formula is C9H17FN2. The van der Waals surface area contributed by atoms with Crippen molar-refractivity contribution in [2.45, 2.75) is 19.0 Å². The van der Waals surface area contributed by atoms with Gasteiger partial charge in [-0.2, -0.15) is 0 Å². The molecule has 0 aromatic carbocycles. The van der Waals surface area contributed by atoms with Crippen LogP contribution in [-0.4, -0.2) is 43.8 Å². The van der Waals surface area contributed by atoms with Gasteiger partial charge in [-0.1, -0.05) is 0 Å². The van der Waals surface area contributed by atoms with E-state index in [0.29, 0.717) is 6.54 Å². The Labute approximate surface area is 73.1 Å². The number of nitrogens with zero attached hydrogens (tertiary/aromatic N) is 1. The summed E-state index contributed by atoms with van der Waals surface area (Å²) in [6.45, 7) is 5.11. The second-order valence-corrected chi connectivity index (χ2v) is 4.00. The molecule has 0 aliphatic carbocycles. The van der Waals surface area contributed by atoms with Gasteiger partial charge in [-0.15, -0.1) is 0 Å². The summed E-state index contributed by atoms with van der Waals surface area (Å²) in [6.07, 6.45) is 1.45. The quantitative estimate of drug-likeness (QED) is 0.672. The van der Waals surface area contributed by atoms with Crippen LogP contribution in [0.3, 0.4) is 0 Å². The van der Waals surface area contributed by atoms with Gasteiger partial charge in [0.2, 0.25) is 0 Å². The van der Waals surface area contributed by atoms with Gasteiger partial charge in [-0.3, -0.25) is 0 Å². The molecule has 1 N–H and O–H groups in total. The molecule has 2 rings (SSSR count). The third kappa shape index (κ3) is 1.96. The molecule has 0 spiro atoms. The van der Waals surface area contributed by atoms with Crippen molar-refractivity contribution in [1.82, 2.24) is 10.2 Å². The van der Waals surface area contributed by atoms with Gasteiger partial charge in [0.1, 0.15) is 6.17 Å². The van der Waals surface area contributed by atoms with Crippen LogP contribution in [0.1, 0.15) is 12.8 Å². The van der Waals surface area contributed by atoms with E-state index in [2.05, 4.69) is 10.2 Å². The molecule has 0 aromatic heterocycles. The van der Waals surface area contributed by atoms with Crippen LogP contribution in [0, 0.1) is 5.92 Å². The molecule has 12 heavy (non-hydrogen) atoms. The summed E-state index contributed by atoms with van der Waals surface area (Å²) in [6, 6.07) is 0. The van der Waals surface area contributed by atoms with Crippen molar-refractivity contribution in [3.8, 4) is 0 Å². The topological polar surface area (TPSA) is 15.3 Å². The lowest BCUT2D eigenvalue weighted by Crippen LogP contribution is -2.43.